The Hall–Kier alpha value is -3.68. The summed E-state index contributed by atoms with van der Waals surface area (Å²) in [6, 6.07) is 11.8. The Morgan fingerprint density at radius 1 is 1.07 bits per heavy atom. The zero-order valence-corrected chi connectivity index (χ0v) is 14.7. The number of anilines is 1. The van der Waals surface area contributed by atoms with Gasteiger partial charge in [-0.3, -0.25) is 4.79 Å². The van der Waals surface area contributed by atoms with Gasteiger partial charge < -0.3 is 19.2 Å². The summed E-state index contributed by atoms with van der Waals surface area (Å²) in [5.41, 5.74) is -0.471. The van der Waals surface area contributed by atoms with Crippen molar-refractivity contribution in [3.05, 3.63) is 83.3 Å². The van der Waals surface area contributed by atoms with E-state index in [-0.39, 0.29) is 12.4 Å². The summed E-state index contributed by atoms with van der Waals surface area (Å²) in [5.74, 6) is -3.42. The minimum atomic E-state index is -1.10. The highest BCUT2D eigenvalue weighted by atomic mass is 19.1. The first-order chi connectivity index (χ1) is 13.5. The van der Waals surface area contributed by atoms with Gasteiger partial charge in [0.15, 0.2) is 5.76 Å². The van der Waals surface area contributed by atoms with E-state index in [4.69, 9.17) is 9.15 Å². The number of nitrogens with one attached hydrogen (secondary N) is 1. The van der Waals surface area contributed by atoms with Gasteiger partial charge in [0.05, 0.1) is 24.6 Å². The second kappa shape index (κ2) is 8.34. The first-order valence-corrected chi connectivity index (χ1v) is 8.12. The highest BCUT2D eigenvalue weighted by Crippen LogP contribution is 2.22. The molecule has 8 heteroatoms. The quantitative estimate of drug-likeness (QED) is 0.642. The zero-order chi connectivity index (χ0) is 20.1. The van der Waals surface area contributed by atoms with Gasteiger partial charge in [-0.15, -0.1) is 0 Å². The van der Waals surface area contributed by atoms with Gasteiger partial charge in [0, 0.05) is 11.6 Å². The van der Waals surface area contributed by atoms with Gasteiger partial charge in [0.25, 0.3) is 5.91 Å². The Morgan fingerprint density at radius 3 is 2.54 bits per heavy atom. The summed E-state index contributed by atoms with van der Waals surface area (Å²) in [5, 5.41) is 2.26. The molecule has 0 aliphatic carbocycles. The molecule has 2 aromatic carbocycles. The smallest absolute Gasteiger partial charge is 0.340 e. The van der Waals surface area contributed by atoms with Crippen molar-refractivity contribution in [1.29, 1.82) is 0 Å². The highest BCUT2D eigenvalue weighted by molar-refractivity contribution is 6.04. The number of rotatable bonds is 6. The Morgan fingerprint density at radius 2 is 1.82 bits per heavy atom. The molecule has 0 atom stereocenters. The van der Waals surface area contributed by atoms with E-state index in [9.17, 15) is 18.4 Å². The number of methoxy groups -OCH3 is 1. The molecule has 144 valence electrons. The Balaban J connectivity index is 1.77. The van der Waals surface area contributed by atoms with E-state index in [1.165, 1.54) is 6.26 Å². The number of furan rings is 1. The molecule has 0 bridgehead atoms. The molecule has 0 radical (unpaired) electrons. The summed E-state index contributed by atoms with van der Waals surface area (Å²) < 4.78 is 42.9. The van der Waals surface area contributed by atoms with Crippen molar-refractivity contribution >= 4 is 17.6 Å². The summed E-state index contributed by atoms with van der Waals surface area (Å²) >= 11 is 0. The van der Waals surface area contributed by atoms with Gasteiger partial charge in [-0.2, -0.15) is 0 Å². The minimum absolute atomic E-state index is 0.0442. The topological polar surface area (TPSA) is 77.8 Å². The summed E-state index contributed by atoms with van der Waals surface area (Å²) in [6.07, 6.45) is 1.29. The first-order valence-electron chi connectivity index (χ1n) is 8.12. The van der Waals surface area contributed by atoms with E-state index in [1.54, 1.807) is 30.3 Å². The van der Waals surface area contributed by atoms with Crippen LogP contribution in [0.3, 0.4) is 0 Å². The van der Waals surface area contributed by atoms with Gasteiger partial charge >= 0.3 is 5.97 Å². The third-order valence-corrected chi connectivity index (χ3v) is 3.80. The van der Waals surface area contributed by atoms with Crippen molar-refractivity contribution in [2.75, 3.05) is 12.4 Å². The third-order valence-electron chi connectivity index (χ3n) is 3.80. The second-order valence-electron chi connectivity index (χ2n) is 5.63. The Kier molecular flexibility index (Phi) is 5.69. The number of benzene rings is 2. The maximum absolute atomic E-state index is 14.0. The van der Waals surface area contributed by atoms with Crippen LogP contribution in [-0.4, -0.2) is 19.0 Å². The largest absolute Gasteiger partial charge is 0.489 e. The van der Waals surface area contributed by atoms with E-state index in [1.807, 2.05) is 6.07 Å². The predicted octanol–water partition coefficient (Wildman–Crippen LogP) is 4.18. The molecule has 1 N–H and O–H groups in total. The third kappa shape index (κ3) is 4.17. The van der Waals surface area contributed by atoms with Crippen molar-refractivity contribution < 1.29 is 32.3 Å². The van der Waals surface area contributed by atoms with Crippen LogP contribution >= 0.6 is 0 Å². The molecule has 0 fully saturated rings. The van der Waals surface area contributed by atoms with Crippen LogP contribution < -0.4 is 10.1 Å². The lowest BCUT2D eigenvalue weighted by molar-refractivity contribution is 0.0595. The molecule has 0 spiro atoms. The molecule has 0 aliphatic heterocycles. The van der Waals surface area contributed by atoms with Crippen LogP contribution in [0.4, 0.5) is 14.5 Å². The van der Waals surface area contributed by atoms with Gasteiger partial charge in [-0.1, -0.05) is 18.2 Å². The van der Waals surface area contributed by atoms with Gasteiger partial charge in [0.1, 0.15) is 24.0 Å². The van der Waals surface area contributed by atoms with Crippen LogP contribution in [0.5, 0.6) is 5.75 Å². The summed E-state index contributed by atoms with van der Waals surface area (Å²) in [7, 11) is 1.06. The highest BCUT2D eigenvalue weighted by Gasteiger charge is 2.21. The van der Waals surface area contributed by atoms with Crippen molar-refractivity contribution in [3.63, 3.8) is 0 Å². The summed E-state index contributed by atoms with van der Waals surface area (Å²) in [6.45, 7) is 0.0442. The Labute approximate surface area is 158 Å². The van der Waals surface area contributed by atoms with Gasteiger partial charge in [0.2, 0.25) is 0 Å². The number of carbonyl (C=O) groups is 2. The lowest BCUT2D eigenvalue weighted by Crippen LogP contribution is -2.16. The standard InChI is InChI=1S/C20H15F2NO5/c1-26-20(25)14-9-17(16(22)10-15(14)21)23-19(24)18-12(7-8-27-18)11-28-13-5-3-2-4-6-13/h2-10H,11H2,1H3,(H,23,24). The van der Waals surface area contributed by atoms with Crippen molar-refractivity contribution in [2.45, 2.75) is 6.61 Å². The molecule has 28 heavy (non-hydrogen) atoms. The number of esters is 1. The Bertz CT molecular complexity index is 1000. The fraction of sp³-hybridized carbons (Fsp3) is 0.100. The van der Waals surface area contributed by atoms with Gasteiger partial charge in [-0.05, 0) is 24.3 Å². The number of hydrogen-bond donors (Lipinski definition) is 1. The molecule has 3 rings (SSSR count). The average molecular weight is 387 g/mol. The molecule has 0 unspecified atom stereocenters. The molecule has 6 nitrogen and oxygen atoms in total. The average Bonchev–Trinajstić information content (AvgIpc) is 3.17. The first kappa shape index (κ1) is 19.1. The SMILES string of the molecule is COC(=O)c1cc(NC(=O)c2occc2COc2ccccc2)c(F)cc1F. The molecule has 0 saturated heterocycles. The van der Waals surface area contributed by atoms with Crippen LogP contribution in [0.2, 0.25) is 0 Å². The number of carbonyl (C=O) groups excluding carboxylic acids is 2. The fourth-order valence-electron chi connectivity index (χ4n) is 2.42. The summed E-state index contributed by atoms with van der Waals surface area (Å²) in [4.78, 5) is 24.0. The van der Waals surface area contributed by atoms with E-state index in [0.29, 0.717) is 17.4 Å². The predicted molar refractivity (Wildman–Crippen MR) is 95.1 cm³/mol. The number of halogens is 2. The molecule has 1 aromatic heterocycles. The lowest BCUT2D eigenvalue weighted by Gasteiger charge is -2.09. The number of para-hydroxylation sites is 1. The molecule has 0 aliphatic rings. The van der Waals surface area contributed by atoms with Crippen LogP contribution in [0, 0.1) is 11.6 Å². The van der Waals surface area contributed by atoms with E-state index >= 15 is 0 Å². The molecular weight excluding hydrogens is 372 g/mol. The van der Waals surface area contributed by atoms with E-state index < -0.39 is 34.8 Å². The van der Waals surface area contributed by atoms with E-state index in [2.05, 4.69) is 10.1 Å². The maximum atomic E-state index is 14.0. The molecule has 3 aromatic rings. The maximum Gasteiger partial charge on any atom is 0.340 e. The molecular formula is C20H15F2NO5. The van der Waals surface area contributed by atoms with Crippen LogP contribution in [0.1, 0.15) is 26.5 Å². The molecule has 1 amide bonds. The van der Waals surface area contributed by atoms with Gasteiger partial charge in [-0.25, -0.2) is 13.6 Å². The number of amides is 1. The zero-order valence-electron chi connectivity index (χ0n) is 14.7. The van der Waals surface area contributed by atoms with E-state index in [0.717, 1.165) is 13.2 Å². The lowest BCUT2D eigenvalue weighted by atomic mass is 10.1. The van der Waals surface area contributed by atoms with Crippen LogP contribution in [0.15, 0.2) is 59.2 Å². The minimum Gasteiger partial charge on any atom is -0.489 e. The monoisotopic (exact) mass is 387 g/mol. The van der Waals surface area contributed by atoms with Crippen molar-refractivity contribution in [3.8, 4) is 5.75 Å². The van der Waals surface area contributed by atoms with Crippen molar-refractivity contribution in [2.24, 2.45) is 0 Å². The van der Waals surface area contributed by atoms with Crippen LogP contribution in [-0.2, 0) is 11.3 Å². The number of ether oxygens (including phenoxy) is 2. The normalized spacial score (nSPS) is 10.4. The fourth-order valence-corrected chi connectivity index (χ4v) is 2.42. The second-order valence-corrected chi connectivity index (χ2v) is 5.63. The molecule has 1 heterocycles. The van der Waals surface area contributed by atoms with Crippen LogP contribution in [0.25, 0.3) is 0 Å². The number of hydrogen-bond acceptors (Lipinski definition) is 5. The van der Waals surface area contributed by atoms with Crippen molar-refractivity contribution in [1.82, 2.24) is 0 Å². The molecule has 0 saturated carbocycles.